The van der Waals surface area contributed by atoms with E-state index in [1.165, 1.54) is 18.2 Å². The molecule has 1 unspecified atom stereocenters. The Kier molecular flexibility index (Phi) is 5.83. The van der Waals surface area contributed by atoms with E-state index in [9.17, 15) is 13.9 Å². The number of hydrogen-bond acceptors (Lipinski definition) is 4. The van der Waals surface area contributed by atoms with Gasteiger partial charge in [0.2, 0.25) is 0 Å². The zero-order valence-electron chi connectivity index (χ0n) is 13.9. The Labute approximate surface area is 146 Å². The topological polar surface area (TPSA) is 35.9 Å². The number of benzene rings is 2. The molecule has 2 aromatic carbocycles. The largest absolute Gasteiger partial charge is 0.488 e. The average molecular weight is 348 g/mol. The maximum atomic E-state index is 13.5. The summed E-state index contributed by atoms with van der Waals surface area (Å²) >= 11 is 0. The summed E-state index contributed by atoms with van der Waals surface area (Å²) in [6, 6.07) is 12.7. The lowest BCUT2D eigenvalue weighted by Crippen LogP contribution is -2.49. The van der Waals surface area contributed by atoms with Gasteiger partial charge in [-0.2, -0.15) is 0 Å². The Morgan fingerprint density at radius 2 is 1.64 bits per heavy atom. The third-order valence-corrected chi connectivity index (χ3v) is 4.30. The molecule has 0 aliphatic carbocycles. The average Bonchev–Trinajstić information content (AvgIpc) is 2.62. The van der Waals surface area contributed by atoms with Crippen LogP contribution < -0.4 is 9.64 Å². The molecule has 1 N–H and O–H groups in total. The molecule has 0 aromatic heterocycles. The van der Waals surface area contributed by atoms with Crippen molar-refractivity contribution >= 4 is 5.69 Å². The van der Waals surface area contributed by atoms with Crippen LogP contribution in [0.1, 0.15) is 0 Å². The van der Waals surface area contributed by atoms with Crippen molar-refractivity contribution in [2.75, 3.05) is 44.2 Å². The smallest absolute Gasteiger partial charge is 0.165 e. The maximum absolute atomic E-state index is 13.5. The second-order valence-corrected chi connectivity index (χ2v) is 6.16. The number of ether oxygens (including phenoxy) is 1. The highest BCUT2D eigenvalue weighted by Crippen LogP contribution is 2.18. The van der Waals surface area contributed by atoms with Crippen LogP contribution in [0.4, 0.5) is 14.5 Å². The van der Waals surface area contributed by atoms with Gasteiger partial charge in [-0.05, 0) is 36.4 Å². The fourth-order valence-electron chi connectivity index (χ4n) is 2.94. The van der Waals surface area contributed by atoms with Crippen molar-refractivity contribution in [2.45, 2.75) is 6.10 Å². The van der Waals surface area contributed by atoms with Crippen molar-refractivity contribution in [1.29, 1.82) is 0 Å². The third kappa shape index (κ3) is 4.90. The lowest BCUT2D eigenvalue weighted by Gasteiger charge is -2.36. The number of piperazine rings is 1. The highest BCUT2D eigenvalue weighted by Gasteiger charge is 2.20. The molecule has 0 radical (unpaired) electrons. The van der Waals surface area contributed by atoms with Gasteiger partial charge in [-0.3, -0.25) is 4.90 Å². The van der Waals surface area contributed by atoms with E-state index in [4.69, 9.17) is 4.74 Å². The normalized spacial score (nSPS) is 16.7. The first-order valence-electron chi connectivity index (χ1n) is 8.40. The standard InChI is InChI=1S/C19H22F2N2O2/c20-15-5-7-16(8-6-15)23-11-9-22(10-12-23)13-17(24)14-25-19-4-2-1-3-18(19)21/h1-8,17,24H,9-14H2. The van der Waals surface area contributed by atoms with E-state index in [0.29, 0.717) is 6.54 Å². The highest BCUT2D eigenvalue weighted by atomic mass is 19.1. The van der Waals surface area contributed by atoms with Crippen molar-refractivity contribution in [3.05, 3.63) is 60.2 Å². The molecule has 0 bridgehead atoms. The number of aliphatic hydroxyl groups is 1. The third-order valence-electron chi connectivity index (χ3n) is 4.30. The molecule has 2 aromatic rings. The van der Waals surface area contributed by atoms with Gasteiger partial charge in [-0.25, -0.2) is 8.78 Å². The van der Waals surface area contributed by atoms with Crippen molar-refractivity contribution < 1.29 is 18.6 Å². The summed E-state index contributed by atoms with van der Waals surface area (Å²) in [5, 5.41) is 10.1. The van der Waals surface area contributed by atoms with E-state index >= 15 is 0 Å². The van der Waals surface area contributed by atoms with Gasteiger partial charge in [-0.1, -0.05) is 12.1 Å². The van der Waals surface area contributed by atoms with Gasteiger partial charge >= 0.3 is 0 Å². The first kappa shape index (κ1) is 17.6. The molecule has 1 heterocycles. The monoisotopic (exact) mass is 348 g/mol. The van der Waals surface area contributed by atoms with Crippen LogP contribution in [-0.2, 0) is 0 Å². The number of aliphatic hydroxyl groups excluding tert-OH is 1. The first-order valence-corrected chi connectivity index (χ1v) is 8.40. The van der Waals surface area contributed by atoms with Gasteiger partial charge in [0.05, 0.1) is 0 Å². The van der Waals surface area contributed by atoms with Gasteiger partial charge in [0.15, 0.2) is 11.6 Å². The lowest BCUT2D eigenvalue weighted by molar-refractivity contribution is 0.0649. The zero-order valence-corrected chi connectivity index (χ0v) is 13.9. The minimum absolute atomic E-state index is 0.0547. The van der Waals surface area contributed by atoms with Crippen LogP contribution in [0.2, 0.25) is 0 Å². The summed E-state index contributed by atoms with van der Waals surface area (Å²) in [6.45, 7) is 3.76. The highest BCUT2D eigenvalue weighted by molar-refractivity contribution is 5.46. The number of β-amino-alcohol motifs (C(OH)–C–C–N with tert-alkyl or cyclic N) is 1. The second kappa shape index (κ2) is 8.27. The fraction of sp³-hybridized carbons (Fsp3) is 0.368. The second-order valence-electron chi connectivity index (χ2n) is 6.16. The van der Waals surface area contributed by atoms with Crippen molar-refractivity contribution in [3.63, 3.8) is 0 Å². The fourth-order valence-corrected chi connectivity index (χ4v) is 2.94. The molecule has 0 spiro atoms. The molecule has 0 amide bonds. The Morgan fingerprint density at radius 1 is 0.960 bits per heavy atom. The quantitative estimate of drug-likeness (QED) is 0.870. The zero-order chi connectivity index (χ0) is 17.6. The number of nitrogens with zero attached hydrogens (tertiary/aromatic N) is 2. The molecule has 1 fully saturated rings. The van der Waals surface area contributed by atoms with E-state index in [-0.39, 0.29) is 18.2 Å². The van der Waals surface area contributed by atoms with Crippen LogP contribution >= 0.6 is 0 Å². The molecule has 3 rings (SSSR count). The molecule has 134 valence electrons. The van der Waals surface area contributed by atoms with E-state index < -0.39 is 11.9 Å². The van der Waals surface area contributed by atoms with Crippen LogP contribution in [0.25, 0.3) is 0 Å². The lowest BCUT2D eigenvalue weighted by atomic mass is 10.2. The van der Waals surface area contributed by atoms with Crippen LogP contribution in [0, 0.1) is 11.6 Å². The predicted molar refractivity (Wildman–Crippen MR) is 93.0 cm³/mol. The summed E-state index contributed by atoms with van der Waals surface area (Å²) < 4.78 is 31.8. The molecule has 4 nitrogen and oxygen atoms in total. The van der Waals surface area contributed by atoms with Crippen molar-refractivity contribution in [2.24, 2.45) is 0 Å². The van der Waals surface area contributed by atoms with E-state index in [0.717, 1.165) is 31.9 Å². The molecule has 25 heavy (non-hydrogen) atoms. The summed E-state index contributed by atoms with van der Waals surface area (Å²) in [6.07, 6.45) is -0.683. The molecule has 6 heteroatoms. The minimum atomic E-state index is -0.683. The SMILES string of the molecule is OC(COc1ccccc1F)CN1CCN(c2ccc(F)cc2)CC1. The van der Waals surface area contributed by atoms with E-state index in [1.807, 2.05) is 0 Å². The molecule has 1 atom stereocenters. The van der Waals surface area contributed by atoms with Gasteiger partial charge in [-0.15, -0.1) is 0 Å². The van der Waals surface area contributed by atoms with E-state index in [2.05, 4.69) is 9.80 Å². The number of para-hydroxylation sites is 1. The number of rotatable bonds is 6. The number of anilines is 1. The van der Waals surface area contributed by atoms with Gasteiger partial charge < -0.3 is 14.7 Å². The Bertz CT molecular complexity index is 673. The molecule has 1 aliphatic heterocycles. The molecule has 1 aliphatic rings. The summed E-state index contributed by atoms with van der Waals surface area (Å²) in [5.74, 6) is -0.509. The maximum Gasteiger partial charge on any atom is 0.165 e. The molecular formula is C19H22F2N2O2. The summed E-state index contributed by atoms with van der Waals surface area (Å²) in [5.41, 5.74) is 1.00. The Morgan fingerprint density at radius 3 is 2.32 bits per heavy atom. The number of hydrogen-bond donors (Lipinski definition) is 1. The van der Waals surface area contributed by atoms with Crippen LogP contribution in [0.5, 0.6) is 5.75 Å². The van der Waals surface area contributed by atoms with Crippen molar-refractivity contribution in [1.82, 2.24) is 4.90 Å². The summed E-state index contributed by atoms with van der Waals surface area (Å²) in [4.78, 5) is 4.34. The molecule has 1 saturated heterocycles. The van der Waals surface area contributed by atoms with Gasteiger partial charge in [0.1, 0.15) is 18.5 Å². The van der Waals surface area contributed by atoms with Crippen molar-refractivity contribution in [3.8, 4) is 5.75 Å². The van der Waals surface area contributed by atoms with Gasteiger partial charge in [0, 0.05) is 38.4 Å². The Balaban J connectivity index is 1.42. The van der Waals surface area contributed by atoms with Crippen LogP contribution in [0.3, 0.4) is 0 Å². The van der Waals surface area contributed by atoms with Gasteiger partial charge in [0.25, 0.3) is 0 Å². The van der Waals surface area contributed by atoms with Crippen LogP contribution in [0.15, 0.2) is 48.5 Å². The van der Waals surface area contributed by atoms with Crippen LogP contribution in [-0.4, -0.2) is 55.4 Å². The number of halogens is 2. The van der Waals surface area contributed by atoms with E-state index in [1.54, 1.807) is 30.3 Å². The minimum Gasteiger partial charge on any atom is -0.488 e. The predicted octanol–water partition coefficient (Wildman–Crippen LogP) is 2.53. The first-order chi connectivity index (χ1) is 12.1. The molecular weight excluding hydrogens is 326 g/mol. The Hall–Kier alpha value is -2.18. The summed E-state index contributed by atoms with van der Waals surface area (Å²) in [7, 11) is 0. The molecule has 0 saturated carbocycles.